The standard InChI is InChI=1S/C56H73N4O20P/c1-34(2)60(35(3)4)81(67,74-30-28-70-27-29-71-54-53(77-40(9)65)52(76-39(8)64)51(75-38(7)63)48(79-54)32-72-37(6)62)80-46-31-50(59-26-25-49(57-36(5)61)58-55(59)66)78-47(46)33-73-56(41-15-13-12-14-16-41,42-17-21-44(68-10)22-18-42)43-19-23-45(69-11)24-20-43/h12-26,34-35,46-48,50-54H,27-33H2,1-11H3,(H,57,58,61,66)/t46-,47+,48+,50+,51-,52-,53+,54+,81?/m0/s1. The number of anilines is 1. The average Bonchev–Trinajstić information content (AvgIpc) is 3.73. The van der Waals surface area contributed by atoms with Gasteiger partial charge in [0.05, 0.1) is 47.3 Å². The predicted molar refractivity (Wildman–Crippen MR) is 289 cm³/mol. The first-order valence-corrected chi connectivity index (χ1v) is 27.8. The maximum absolute atomic E-state index is 15.7. The summed E-state index contributed by atoms with van der Waals surface area (Å²) in [5, 5.41) is 2.52. The molecule has 1 amide bonds. The fourth-order valence-corrected chi connectivity index (χ4v) is 11.9. The summed E-state index contributed by atoms with van der Waals surface area (Å²) in [5.41, 5.74) is 0.152. The molecule has 1 unspecified atom stereocenters. The van der Waals surface area contributed by atoms with Gasteiger partial charge in [0.2, 0.25) is 5.91 Å². The van der Waals surface area contributed by atoms with Crippen LogP contribution in [0.25, 0.3) is 0 Å². The number of esters is 4. The van der Waals surface area contributed by atoms with Gasteiger partial charge in [-0.15, -0.1) is 0 Å². The molecule has 1 aromatic heterocycles. The number of benzene rings is 3. The van der Waals surface area contributed by atoms with E-state index in [0.717, 1.165) is 44.4 Å². The van der Waals surface area contributed by atoms with Crippen molar-refractivity contribution >= 4 is 43.3 Å². The first kappa shape index (κ1) is 63.6. The summed E-state index contributed by atoms with van der Waals surface area (Å²) < 4.78 is 96.1. The van der Waals surface area contributed by atoms with Crippen LogP contribution in [0.3, 0.4) is 0 Å². The molecule has 1 N–H and O–H groups in total. The van der Waals surface area contributed by atoms with Crippen LogP contribution in [0, 0.1) is 0 Å². The number of ether oxygens (including phenoxy) is 11. The highest BCUT2D eigenvalue weighted by molar-refractivity contribution is 7.51. The summed E-state index contributed by atoms with van der Waals surface area (Å²) in [4.78, 5) is 78.2. The van der Waals surface area contributed by atoms with Gasteiger partial charge in [-0.3, -0.25) is 37.6 Å². The Morgan fingerprint density at radius 1 is 0.691 bits per heavy atom. The third-order valence-electron chi connectivity index (χ3n) is 12.8. The second-order valence-electron chi connectivity index (χ2n) is 19.4. The van der Waals surface area contributed by atoms with Gasteiger partial charge in [-0.05, 0) is 74.7 Å². The number of methoxy groups -OCH3 is 2. The molecule has 6 rings (SSSR count). The lowest BCUT2D eigenvalue weighted by Crippen LogP contribution is -2.63. The van der Waals surface area contributed by atoms with Crippen molar-refractivity contribution in [1.29, 1.82) is 0 Å². The summed E-state index contributed by atoms with van der Waals surface area (Å²) in [7, 11) is -1.21. The monoisotopic (exact) mass is 1150 g/mol. The lowest BCUT2D eigenvalue weighted by Gasteiger charge is -2.44. The summed E-state index contributed by atoms with van der Waals surface area (Å²) in [6.07, 6.45) is -8.64. The maximum atomic E-state index is 15.7. The Labute approximate surface area is 470 Å². The van der Waals surface area contributed by atoms with Gasteiger partial charge in [0, 0.05) is 59.3 Å². The summed E-state index contributed by atoms with van der Waals surface area (Å²) in [6.45, 7) is 11.7. The van der Waals surface area contributed by atoms with Gasteiger partial charge in [0.25, 0.3) is 0 Å². The maximum Gasteiger partial charge on any atom is 0.409 e. The van der Waals surface area contributed by atoms with E-state index in [4.69, 9.17) is 61.2 Å². The molecule has 0 saturated carbocycles. The molecule has 0 bridgehead atoms. The van der Waals surface area contributed by atoms with Crippen LogP contribution < -0.4 is 20.5 Å². The molecule has 24 nitrogen and oxygen atoms in total. The molecule has 2 fully saturated rings. The zero-order chi connectivity index (χ0) is 59.0. The van der Waals surface area contributed by atoms with Crippen molar-refractivity contribution < 1.29 is 89.7 Å². The van der Waals surface area contributed by atoms with E-state index in [2.05, 4.69) is 10.3 Å². The summed E-state index contributed by atoms with van der Waals surface area (Å²) >= 11 is 0. The number of aromatic nitrogens is 2. The first-order valence-electron chi connectivity index (χ1n) is 26.3. The zero-order valence-corrected chi connectivity index (χ0v) is 48.2. The molecule has 442 valence electrons. The van der Waals surface area contributed by atoms with Crippen molar-refractivity contribution in [2.24, 2.45) is 0 Å². The fraction of sp³-hybridized carbons (Fsp3) is 0.518. The van der Waals surface area contributed by atoms with Crippen molar-refractivity contribution in [3.63, 3.8) is 0 Å². The minimum absolute atomic E-state index is 0.0387. The molecule has 81 heavy (non-hydrogen) atoms. The van der Waals surface area contributed by atoms with Gasteiger partial charge in [-0.1, -0.05) is 54.6 Å². The van der Waals surface area contributed by atoms with Gasteiger partial charge in [0.15, 0.2) is 24.6 Å². The average molecular weight is 1150 g/mol. The number of carbonyl (C=O) groups is 5. The van der Waals surface area contributed by atoms with E-state index in [-0.39, 0.29) is 45.3 Å². The molecular formula is C56H73N4O20P. The largest absolute Gasteiger partial charge is 0.497 e. The van der Waals surface area contributed by atoms with E-state index in [0.29, 0.717) is 11.5 Å². The molecule has 0 aliphatic carbocycles. The van der Waals surface area contributed by atoms with E-state index in [1.54, 1.807) is 18.9 Å². The number of nitrogens with zero attached hydrogens (tertiary/aromatic N) is 3. The van der Waals surface area contributed by atoms with E-state index < -0.39 is 117 Å². The second kappa shape index (κ2) is 29.4. The van der Waals surface area contributed by atoms with Crippen molar-refractivity contribution in [2.45, 2.75) is 136 Å². The highest BCUT2D eigenvalue weighted by Gasteiger charge is 2.53. The summed E-state index contributed by atoms with van der Waals surface area (Å²) in [5.74, 6) is -2.20. The Kier molecular flexibility index (Phi) is 23.1. The molecule has 25 heteroatoms. The van der Waals surface area contributed by atoms with Crippen LogP contribution in [0.5, 0.6) is 11.5 Å². The molecule has 3 heterocycles. The number of amides is 1. The molecule has 0 radical (unpaired) electrons. The highest BCUT2D eigenvalue weighted by atomic mass is 31.2. The second-order valence-corrected chi connectivity index (χ2v) is 21.3. The number of hydrogen-bond donors (Lipinski definition) is 1. The van der Waals surface area contributed by atoms with Gasteiger partial charge in [-0.2, -0.15) is 4.98 Å². The van der Waals surface area contributed by atoms with Gasteiger partial charge in [-0.25, -0.2) is 14.0 Å². The Bertz CT molecular complexity index is 2780. The third kappa shape index (κ3) is 16.8. The molecule has 4 aromatic rings. The summed E-state index contributed by atoms with van der Waals surface area (Å²) in [6, 6.07) is 25.2. The fourth-order valence-electron chi connectivity index (χ4n) is 9.64. The smallest absolute Gasteiger partial charge is 0.409 e. The molecule has 0 spiro atoms. The number of rotatable bonds is 28. The first-order chi connectivity index (χ1) is 38.6. The zero-order valence-electron chi connectivity index (χ0n) is 47.3. The van der Waals surface area contributed by atoms with Crippen LogP contribution in [0.4, 0.5) is 5.82 Å². The van der Waals surface area contributed by atoms with E-state index in [1.807, 2.05) is 107 Å². The topological polar surface area (TPSA) is 273 Å². The quantitative estimate of drug-likeness (QED) is 0.0216. The van der Waals surface area contributed by atoms with Crippen LogP contribution >= 0.6 is 7.75 Å². The Morgan fingerprint density at radius 3 is 1.78 bits per heavy atom. The van der Waals surface area contributed by atoms with E-state index in [9.17, 15) is 28.8 Å². The van der Waals surface area contributed by atoms with Crippen molar-refractivity contribution in [1.82, 2.24) is 14.2 Å². The highest BCUT2D eigenvalue weighted by Crippen LogP contribution is 2.57. The van der Waals surface area contributed by atoms with Crippen LogP contribution in [0.2, 0.25) is 0 Å². The molecule has 2 saturated heterocycles. The van der Waals surface area contributed by atoms with Crippen LogP contribution in [0.15, 0.2) is 95.9 Å². The normalized spacial score (nSPS) is 21.7. The van der Waals surface area contributed by atoms with E-state index >= 15 is 4.57 Å². The lowest BCUT2D eigenvalue weighted by molar-refractivity contribution is -0.309. The predicted octanol–water partition coefficient (Wildman–Crippen LogP) is 6.26. The van der Waals surface area contributed by atoms with Crippen molar-refractivity contribution in [3.8, 4) is 11.5 Å². The van der Waals surface area contributed by atoms with Gasteiger partial charge in [0.1, 0.15) is 54.1 Å². The Balaban J connectivity index is 1.27. The van der Waals surface area contributed by atoms with Gasteiger partial charge >= 0.3 is 37.3 Å². The van der Waals surface area contributed by atoms with Crippen LogP contribution in [-0.4, -0.2) is 153 Å². The van der Waals surface area contributed by atoms with Crippen molar-refractivity contribution in [3.05, 3.63) is 118 Å². The van der Waals surface area contributed by atoms with Gasteiger partial charge < -0.3 is 57.4 Å². The Hall–Kier alpha value is -6.60. The molecule has 9 atom stereocenters. The third-order valence-corrected chi connectivity index (χ3v) is 15.3. The molecule has 2 aliphatic heterocycles. The molecule has 2 aliphatic rings. The Morgan fingerprint density at radius 2 is 1.25 bits per heavy atom. The number of carbonyl (C=O) groups excluding carboxylic acids is 5. The van der Waals surface area contributed by atoms with Crippen molar-refractivity contribution in [2.75, 3.05) is 59.2 Å². The van der Waals surface area contributed by atoms with Crippen LogP contribution in [-0.2, 0) is 85.8 Å². The van der Waals surface area contributed by atoms with E-state index in [1.165, 1.54) is 23.8 Å². The minimum Gasteiger partial charge on any atom is -0.497 e. The van der Waals surface area contributed by atoms with Crippen LogP contribution in [0.1, 0.15) is 91.7 Å². The molecular weight excluding hydrogens is 1080 g/mol. The number of hydrogen-bond acceptors (Lipinski definition) is 21. The number of nitrogens with one attached hydrogen (secondary N) is 1. The SMILES string of the molecule is COc1ccc(C(OC[C@H]2O[C@@H](n3ccc(NC(C)=O)nc3=O)C[C@@H]2OP(=O)(OCCOCCO[C@@H]2O[C@H](COC(C)=O)[C@H](OC(C)=O)[C@H](OC(C)=O)[C@H]2OC(C)=O)N(C(C)C)C(C)C)(c2ccccc2)c2ccc(OC)cc2)cc1. The lowest BCUT2D eigenvalue weighted by atomic mass is 9.80. The molecule has 3 aromatic carbocycles. The minimum atomic E-state index is -4.37.